The molecule has 2 amide bonds. The minimum Gasteiger partial charge on any atom is -0.497 e. The largest absolute Gasteiger partial charge is 0.497 e. The predicted molar refractivity (Wildman–Crippen MR) is 193 cm³/mol. The number of rotatable bonds is 13. The average Bonchev–Trinajstić information content (AvgIpc) is 3.09. The van der Waals surface area contributed by atoms with Gasteiger partial charge in [0.1, 0.15) is 18.3 Å². The lowest BCUT2D eigenvalue weighted by atomic mass is 9.94. The van der Waals surface area contributed by atoms with Crippen LogP contribution < -0.4 is 14.4 Å². The molecule has 1 aliphatic rings. The number of amides is 2. The summed E-state index contributed by atoms with van der Waals surface area (Å²) in [5, 5.41) is 3.54. The molecular weight excluding hydrogens is 714 g/mol. The molecule has 0 saturated heterocycles. The summed E-state index contributed by atoms with van der Waals surface area (Å²) in [6.07, 6.45) is 5.22. The first-order valence-electron chi connectivity index (χ1n) is 15.9. The Morgan fingerprint density at radius 3 is 2.25 bits per heavy atom. The quantitative estimate of drug-likeness (QED) is 0.154. The highest BCUT2D eigenvalue weighted by Crippen LogP contribution is 2.28. The minimum atomic E-state index is -4.27. The van der Waals surface area contributed by atoms with Crippen molar-refractivity contribution in [3.05, 3.63) is 124 Å². The van der Waals surface area contributed by atoms with E-state index in [2.05, 4.69) is 21.2 Å². The highest BCUT2D eigenvalue weighted by molar-refractivity contribution is 9.10. The summed E-state index contributed by atoms with van der Waals surface area (Å²) in [4.78, 5) is 30.4. The summed E-state index contributed by atoms with van der Waals surface area (Å²) in [6, 6.07) is 28.5. The van der Waals surface area contributed by atoms with Crippen LogP contribution in [0.2, 0.25) is 5.02 Å². The number of hydrogen-bond donors (Lipinski definition) is 1. The van der Waals surface area contributed by atoms with Gasteiger partial charge >= 0.3 is 0 Å². The van der Waals surface area contributed by atoms with Crippen LogP contribution in [0.1, 0.15) is 43.2 Å². The summed E-state index contributed by atoms with van der Waals surface area (Å²) in [6.45, 7) is -0.482. The molecule has 4 aromatic rings. The van der Waals surface area contributed by atoms with E-state index in [1.165, 1.54) is 30.2 Å². The van der Waals surface area contributed by atoms with Gasteiger partial charge in [-0.1, -0.05) is 95.3 Å². The van der Waals surface area contributed by atoms with Gasteiger partial charge in [-0.2, -0.15) is 0 Å². The monoisotopic (exact) mass is 751 g/mol. The zero-order chi connectivity index (χ0) is 34.1. The molecule has 252 valence electrons. The highest BCUT2D eigenvalue weighted by Gasteiger charge is 2.35. The summed E-state index contributed by atoms with van der Waals surface area (Å²) < 4.78 is 35.6. The van der Waals surface area contributed by atoms with Gasteiger partial charge in [0, 0.05) is 28.5 Å². The van der Waals surface area contributed by atoms with Crippen molar-refractivity contribution in [2.45, 2.75) is 62.0 Å². The Kier molecular flexibility index (Phi) is 12.2. The third-order valence-electron chi connectivity index (χ3n) is 8.49. The molecule has 0 heterocycles. The van der Waals surface area contributed by atoms with Gasteiger partial charge in [-0.3, -0.25) is 13.9 Å². The van der Waals surface area contributed by atoms with Crippen molar-refractivity contribution in [3.8, 4) is 5.75 Å². The number of methoxy groups -OCH3 is 1. The number of hydrogen-bond acceptors (Lipinski definition) is 5. The number of nitrogens with one attached hydrogen (secondary N) is 1. The van der Waals surface area contributed by atoms with Crippen LogP contribution in [0.15, 0.2) is 112 Å². The van der Waals surface area contributed by atoms with Crippen LogP contribution in [0.25, 0.3) is 0 Å². The molecule has 8 nitrogen and oxygen atoms in total. The summed E-state index contributed by atoms with van der Waals surface area (Å²) in [5.41, 5.74) is 1.89. The van der Waals surface area contributed by atoms with Crippen LogP contribution in [0.4, 0.5) is 5.69 Å². The molecule has 1 aliphatic carbocycles. The van der Waals surface area contributed by atoms with E-state index >= 15 is 0 Å². The molecule has 0 spiro atoms. The van der Waals surface area contributed by atoms with Crippen molar-refractivity contribution in [2.75, 3.05) is 18.0 Å². The van der Waals surface area contributed by atoms with Gasteiger partial charge in [0.05, 0.1) is 17.7 Å². The Balaban J connectivity index is 1.56. The van der Waals surface area contributed by atoms with Crippen molar-refractivity contribution >= 4 is 55.1 Å². The Bertz CT molecular complexity index is 1800. The van der Waals surface area contributed by atoms with Crippen LogP contribution >= 0.6 is 27.5 Å². The molecule has 48 heavy (non-hydrogen) atoms. The summed E-state index contributed by atoms with van der Waals surface area (Å²) >= 11 is 9.85. The van der Waals surface area contributed by atoms with Crippen molar-refractivity contribution in [1.29, 1.82) is 0 Å². The smallest absolute Gasteiger partial charge is 0.264 e. The lowest BCUT2D eigenvalue weighted by Gasteiger charge is -2.35. The zero-order valence-corrected chi connectivity index (χ0v) is 29.9. The SMILES string of the molecule is COc1ccc(S(=O)(=O)N(CC(=O)N(Cc2cccc(Br)c2)[C@@H](Cc2ccccc2)C(=O)NC2CCCCC2)c2cccc(Cl)c2)cc1. The van der Waals surface area contributed by atoms with E-state index in [4.69, 9.17) is 16.3 Å². The standard InChI is InChI=1S/C37H39BrClN3O5S/c1-47-33-18-20-34(21-19-33)48(45,46)42(32-17-9-14-30(39)24-32)26-36(43)41(25-28-12-8-13-29(38)22-28)35(23-27-10-4-2-5-11-27)37(44)40-31-15-6-3-7-16-31/h2,4-5,8-14,17-22,24,31,35H,3,6-7,15-16,23,25-26H2,1H3,(H,40,44)/t35-/m0/s1. The Morgan fingerprint density at radius 2 is 1.58 bits per heavy atom. The Labute approximate surface area is 296 Å². The Morgan fingerprint density at radius 1 is 0.896 bits per heavy atom. The summed E-state index contributed by atoms with van der Waals surface area (Å²) in [5.74, 6) is -0.305. The molecule has 1 atom stereocenters. The molecule has 1 saturated carbocycles. The van der Waals surface area contributed by atoms with Crippen molar-refractivity contribution in [3.63, 3.8) is 0 Å². The second-order valence-corrected chi connectivity index (χ2v) is 15.1. The first-order valence-corrected chi connectivity index (χ1v) is 18.6. The minimum absolute atomic E-state index is 0.0192. The van der Waals surface area contributed by atoms with Crippen LogP contribution in [-0.4, -0.2) is 50.9 Å². The molecule has 1 fully saturated rings. The fourth-order valence-corrected chi connectivity index (χ4v) is 8.00. The molecular formula is C37H39BrClN3O5S. The van der Waals surface area contributed by atoms with E-state index in [1.54, 1.807) is 30.3 Å². The first-order chi connectivity index (χ1) is 23.1. The average molecular weight is 753 g/mol. The predicted octanol–water partition coefficient (Wildman–Crippen LogP) is 7.40. The van der Waals surface area contributed by atoms with Gasteiger partial charge in [0.2, 0.25) is 11.8 Å². The molecule has 11 heteroatoms. The third kappa shape index (κ3) is 9.18. The summed E-state index contributed by atoms with van der Waals surface area (Å²) in [7, 11) is -2.77. The van der Waals surface area contributed by atoms with E-state index < -0.39 is 28.5 Å². The molecule has 1 N–H and O–H groups in total. The van der Waals surface area contributed by atoms with Gasteiger partial charge in [0.15, 0.2) is 0 Å². The highest BCUT2D eigenvalue weighted by atomic mass is 79.9. The maximum absolute atomic E-state index is 14.7. The van der Waals surface area contributed by atoms with Crippen LogP contribution in [-0.2, 0) is 32.6 Å². The molecule has 0 bridgehead atoms. The fraction of sp³-hybridized carbons (Fsp3) is 0.297. The lowest BCUT2D eigenvalue weighted by Crippen LogP contribution is -2.55. The molecule has 0 radical (unpaired) electrons. The van der Waals surface area contributed by atoms with Gasteiger partial charge in [0.25, 0.3) is 10.0 Å². The second kappa shape index (κ2) is 16.5. The number of ether oxygens (including phenoxy) is 1. The number of nitrogens with zero attached hydrogens (tertiary/aromatic N) is 2. The van der Waals surface area contributed by atoms with E-state index in [0.29, 0.717) is 10.8 Å². The first kappa shape index (κ1) is 35.4. The van der Waals surface area contributed by atoms with E-state index in [0.717, 1.165) is 52.0 Å². The van der Waals surface area contributed by atoms with Gasteiger partial charge in [-0.25, -0.2) is 8.42 Å². The molecule has 5 rings (SSSR count). The van der Waals surface area contributed by atoms with Gasteiger partial charge in [-0.15, -0.1) is 0 Å². The van der Waals surface area contributed by atoms with Crippen molar-refractivity contribution in [2.24, 2.45) is 0 Å². The maximum Gasteiger partial charge on any atom is 0.264 e. The van der Waals surface area contributed by atoms with Crippen molar-refractivity contribution in [1.82, 2.24) is 10.2 Å². The van der Waals surface area contributed by atoms with E-state index in [-0.39, 0.29) is 35.5 Å². The number of benzene rings is 4. The van der Waals surface area contributed by atoms with E-state index in [1.807, 2.05) is 54.6 Å². The molecule has 0 unspecified atom stereocenters. The molecule has 4 aromatic carbocycles. The molecule has 0 aliphatic heterocycles. The number of carbonyl (C=O) groups excluding carboxylic acids is 2. The fourth-order valence-electron chi connectivity index (χ4n) is 5.97. The van der Waals surface area contributed by atoms with Crippen LogP contribution in [0, 0.1) is 0 Å². The normalized spacial score (nSPS) is 14.1. The zero-order valence-electron chi connectivity index (χ0n) is 26.7. The van der Waals surface area contributed by atoms with Crippen LogP contribution in [0.5, 0.6) is 5.75 Å². The van der Waals surface area contributed by atoms with Crippen LogP contribution in [0.3, 0.4) is 0 Å². The molecule has 0 aromatic heterocycles. The number of halogens is 2. The number of sulfonamides is 1. The second-order valence-electron chi connectivity index (χ2n) is 11.9. The maximum atomic E-state index is 14.7. The van der Waals surface area contributed by atoms with Crippen molar-refractivity contribution < 1.29 is 22.7 Å². The number of carbonyl (C=O) groups is 2. The van der Waals surface area contributed by atoms with Gasteiger partial charge in [-0.05, 0) is 78.6 Å². The number of anilines is 1. The van der Waals surface area contributed by atoms with Gasteiger partial charge < -0.3 is 15.0 Å². The van der Waals surface area contributed by atoms with E-state index in [9.17, 15) is 18.0 Å². The lowest BCUT2D eigenvalue weighted by molar-refractivity contribution is -0.140. The Hall–Kier alpha value is -3.86. The topological polar surface area (TPSA) is 96.0 Å². The third-order valence-corrected chi connectivity index (χ3v) is 11.0.